The van der Waals surface area contributed by atoms with Gasteiger partial charge >= 0.3 is 5.97 Å². The van der Waals surface area contributed by atoms with E-state index in [2.05, 4.69) is 19.9 Å². The van der Waals surface area contributed by atoms with E-state index in [1.54, 1.807) is 6.20 Å². The van der Waals surface area contributed by atoms with Gasteiger partial charge in [-0.2, -0.15) is 0 Å². The van der Waals surface area contributed by atoms with Crippen molar-refractivity contribution in [1.82, 2.24) is 19.9 Å². The molecular weight excluding hydrogens is 172 g/mol. The Balaban J connectivity index is 2.39. The molecule has 0 radical (unpaired) electrons. The van der Waals surface area contributed by atoms with Crippen molar-refractivity contribution in [3.05, 3.63) is 24.4 Å². The van der Waals surface area contributed by atoms with Crippen LogP contribution in [-0.4, -0.2) is 31.0 Å². The standard InChI is InChI=1S/C7H6N4O2/c12-7(13)5-2-9-6(11-5)4-1-8-3-10-4/h1-3H,(H,8,10)(H,9,11)(H,12,13). The minimum Gasteiger partial charge on any atom is -0.477 e. The predicted molar refractivity (Wildman–Crippen MR) is 43.1 cm³/mol. The highest BCUT2D eigenvalue weighted by molar-refractivity contribution is 5.85. The SMILES string of the molecule is O=C(O)c1cnc(-c2cnc[nH]2)[nH]1. The van der Waals surface area contributed by atoms with Crippen molar-refractivity contribution in [3.63, 3.8) is 0 Å². The predicted octanol–water partition coefficient (Wildman–Crippen LogP) is 0.498. The lowest BCUT2D eigenvalue weighted by Crippen LogP contribution is -1.95. The van der Waals surface area contributed by atoms with Crippen LogP contribution in [0.2, 0.25) is 0 Å². The van der Waals surface area contributed by atoms with E-state index in [0.717, 1.165) is 0 Å². The molecule has 0 aliphatic carbocycles. The van der Waals surface area contributed by atoms with Gasteiger partial charge < -0.3 is 15.1 Å². The molecular formula is C7H6N4O2. The summed E-state index contributed by atoms with van der Waals surface area (Å²) in [4.78, 5) is 23.6. The van der Waals surface area contributed by atoms with Gasteiger partial charge in [-0.15, -0.1) is 0 Å². The molecule has 66 valence electrons. The van der Waals surface area contributed by atoms with Crippen LogP contribution >= 0.6 is 0 Å². The molecule has 2 aromatic heterocycles. The van der Waals surface area contributed by atoms with Crippen molar-refractivity contribution in [2.24, 2.45) is 0 Å². The fraction of sp³-hybridized carbons (Fsp3) is 0. The summed E-state index contributed by atoms with van der Waals surface area (Å²) in [6, 6.07) is 0. The number of imidazole rings is 2. The number of carboxylic acids is 1. The summed E-state index contributed by atoms with van der Waals surface area (Å²) in [7, 11) is 0. The highest BCUT2D eigenvalue weighted by atomic mass is 16.4. The molecule has 2 rings (SSSR count). The van der Waals surface area contributed by atoms with Crippen molar-refractivity contribution in [3.8, 4) is 11.5 Å². The van der Waals surface area contributed by atoms with Crippen LogP contribution in [-0.2, 0) is 0 Å². The second-order valence-corrected chi connectivity index (χ2v) is 2.42. The maximum atomic E-state index is 10.5. The average molecular weight is 178 g/mol. The van der Waals surface area contributed by atoms with Crippen molar-refractivity contribution >= 4 is 5.97 Å². The minimum atomic E-state index is -1.03. The monoisotopic (exact) mass is 178 g/mol. The van der Waals surface area contributed by atoms with Crippen LogP contribution in [0.25, 0.3) is 11.5 Å². The third-order valence-electron chi connectivity index (χ3n) is 1.56. The van der Waals surface area contributed by atoms with Gasteiger partial charge in [-0.05, 0) is 0 Å². The Labute approximate surface area is 72.7 Å². The molecule has 0 unspecified atom stereocenters. The summed E-state index contributed by atoms with van der Waals surface area (Å²) in [5, 5.41) is 8.60. The quantitative estimate of drug-likeness (QED) is 0.623. The van der Waals surface area contributed by atoms with Crippen molar-refractivity contribution in [2.75, 3.05) is 0 Å². The zero-order chi connectivity index (χ0) is 9.26. The molecule has 3 N–H and O–H groups in total. The van der Waals surface area contributed by atoms with Gasteiger partial charge in [-0.25, -0.2) is 14.8 Å². The third kappa shape index (κ3) is 1.28. The molecule has 2 aromatic rings. The van der Waals surface area contributed by atoms with Gasteiger partial charge in [0.2, 0.25) is 0 Å². The third-order valence-corrected chi connectivity index (χ3v) is 1.56. The lowest BCUT2D eigenvalue weighted by atomic mass is 10.4. The topological polar surface area (TPSA) is 94.7 Å². The largest absolute Gasteiger partial charge is 0.477 e. The Morgan fingerprint density at radius 3 is 2.85 bits per heavy atom. The molecule has 0 saturated heterocycles. The van der Waals surface area contributed by atoms with Crippen LogP contribution in [0.4, 0.5) is 0 Å². The molecule has 0 atom stereocenters. The molecule has 6 nitrogen and oxygen atoms in total. The number of aromatic carboxylic acids is 1. The smallest absolute Gasteiger partial charge is 0.353 e. The van der Waals surface area contributed by atoms with Gasteiger partial charge in [0, 0.05) is 0 Å². The van der Waals surface area contributed by atoms with Crippen LogP contribution in [0.5, 0.6) is 0 Å². The second-order valence-electron chi connectivity index (χ2n) is 2.42. The molecule has 6 heteroatoms. The average Bonchev–Trinajstić information content (AvgIpc) is 2.75. The van der Waals surface area contributed by atoms with Crippen molar-refractivity contribution < 1.29 is 9.90 Å². The Morgan fingerprint density at radius 2 is 2.31 bits per heavy atom. The molecule has 0 amide bonds. The van der Waals surface area contributed by atoms with Crippen LogP contribution in [0.3, 0.4) is 0 Å². The Hall–Kier alpha value is -2.11. The number of aromatic amines is 2. The van der Waals surface area contributed by atoms with E-state index < -0.39 is 5.97 Å². The summed E-state index contributed by atoms with van der Waals surface area (Å²) < 4.78 is 0. The molecule has 0 spiro atoms. The second kappa shape index (κ2) is 2.74. The minimum absolute atomic E-state index is 0.0598. The first-order valence-electron chi connectivity index (χ1n) is 3.54. The van der Waals surface area contributed by atoms with Crippen molar-refractivity contribution in [1.29, 1.82) is 0 Å². The van der Waals surface area contributed by atoms with E-state index >= 15 is 0 Å². The summed E-state index contributed by atoms with van der Waals surface area (Å²) in [5.74, 6) is -0.562. The number of hydrogen-bond donors (Lipinski definition) is 3. The highest BCUT2D eigenvalue weighted by Gasteiger charge is 2.08. The number of carbonyl (C=O) groups is 1. The van der Waals surface area contributed by atoms with Crippen LogP contribution in [0, 0.1) is 0 Å². The number of aromatic nitrogens is 4. The number of hydrogen-bond acceptors (Lipinski definition) is 3. The maximum Gasteiger partial charge on any atom is 0.353 e. The first-order valence-corrected chi connectivity index (χ1v) is 3.54. The molecule has 0 bridgehead atoms. The molecule has 0 aliphatic heterocycles. The van der Waals surface area contributed by atoms with Gasteiger partial charge in [0.05, 0.1) is 18.7 Å². The van der Waals surface area contributed by atoms with E-state index in [-0.39, 0.29) is 5.69 Å². The lowest BCUT2D eigenvalue weighted by molar-refractivity contribution is 0.0691. The number of nitrogens with one attached hydrogen (secondary N) is 2. The molecule has 0 aliphatic rings. The van der Waals surface area contributed by atoms with E-state index in [9.17, 15) is 4.79 Å². The highest BCUT2D eigenvalue weighted by Crippen LogP contribution is 2.10. The van der Waals surface area contributed by atoms with Crippen LogP contribution in [0.15, 0.2) is 18.7 Å². The summed E-state index contributed by atoms with van der Waals surface area (Å²) in [6.45, 7) is 0. The van der Waals surface area contributed by atoms with Gasteiger partial charge in [-0.3, -0.25) is 0 Å². The van der Waals surface area contributed by atoms with E-state index in [0.29, 0.717) is 11.5 Å². The maximum absolute atomic E-state index is 10.5. The number of nitrogens with zero attached hydrogens (tertiary/aromatic N) is 2. The lowest BCUT2D eigenvalue weighted by Gasteiger charge is -1.87. The number of H-pyrrole nitrogens is 2. The summed E-state index contributed by atoms with van der Waals surface area (Å²) in [6.07, 6.45) is 4.32. The van der Waals surface area contributed by atoms with E-state index in [1.165, 1.54) is 12.5 Å². The molecule has 2 heterocycles. The Kier molecular flexibility index (Phi) is 1.59. The van der Waals surface area contributed by atoms with Crippen LogP contribution in [0.1, 0.15) is 10.5 Å². The molecule has 13 heavy (non-hydrogen) atoms. The van der Waals surface area contributed by atoms with E-state index in [4.69, 9.17) is 5.11 Å². The fourth-order valence-corrected chi connectivity index (χ4v) is 0.952. The van der Waals surface area contributed by atoms with Gasteiger partial charge in [0.15, 0.2) is 5.82 Å². The fourth-order valence-electron chi connectivity index (χ4n) is 0.952. The summed E-state index contributed by atoms with van der Waals surface area (Å²) in [5.41, 5.74) is 0.720. The van der Waals surface area contributed by atoms with E-state index in [1.807, 2.05) is 0 Å². The van der Waals surface area contributed by atoms with Gasteiger partial charge in [0.1, 0.15) is 11.4 Å². The van der Waals surface area contributed by atoms with Crippen molar-refractivity contribution in [2.45, 2.75) is 0 Å². The van der Waals surface area contributed by atoms with Crippen LogP contribution < -0.4 is 0 Å². The first-order chi connectivity index (χ1) is 6.27. The van der Waals surface area contributed by atoms with Gasteiger partial charge in [-0.1, -0.05) is 0 Å². The Morgan fingerprint density at radius 1 is 1.46 bits per heavy atom. The summed E-state index contributed by atoms with van der Waals surface area (Å²) >= 11 is 0. The molecule has 0 saturated carbocycles. The zero-order valence-electron chi connectivity index (χ0n) is 6.48. The van der Waals surface area contributed by atoms with Gasteiger partial charge in [0.25, 0.3) is 0 Å². The number of rotatable bonds is 2. The zero-order valence-corrected chi connectivity index (χ0v) is 6.48. The first kappa shape index (κ1) is 7.53. The molecule has 0 aromatic carbocycles. The Bertz CT molecular complexity index is 417. The normalized spacial score (nSPS) is 10.2. The number of carboxylic acid groups (broad SMARTS) is 1. The molecule has 0 fully saturated rings.